The molecule has 1 aromatic carbocycles. The molecule has 0 fully saturated rings. The van der Waals surface area contributed by atoms with Gasteiger partial charge in [0.1, 0.15) is 11.9 Å². The monoisotopic (exact) mass is 306 g/mol. The summed E-state index contributed by atoms with van der Waals surface area (Å²) in [5.41, 5.74) is 2.04. The Morgan fingerprint density at radius 1 is 0.957 bits per heavy atom. The van der Waals surface area contributed by atoms with Crippen molar-refractivity contribution in [1.82, 2.24) is 14.9 Å². The zero-order valence-electron chi connectivity index (χ0n) is 13.3. The fraction of sp³-hybridized carbons (Fsp3) is 0.294. The van der Waals surface area contributed by atoms with Gasteiger partial charge in [0.05, 0.1) is 24.0 Å². The summed E-state index contributed by atoms with van der Waals surface area (Å²) in [6.45, 7) is 2.33. The molecule has 0 spiro atoms. The standard InChI is InChI=1S/C17H18N6/c1-22(2)7-8-23(17-12-20-16(10-19)11-21-17)13-15-5-3-14(9-18)4-6-15/h3-6,11-12H,7-8,13H2,1-2H3. The van der Waals surface area contributed by atoms with E-state index < -0.39 is 0 Å². The van der Waals surface area contributed by atoms with Crippen LogP contribution in [0.1, 0.15) is 16.8 Å². The van der Waals surface area contributed by atoms with Gasteiger partial charge in [-0.1, -0.05) is 12.1 Å². The van der Waals surface area contributed by atoms with E-state index in [0.717, 1.165) is 24.5 Å². The van der Waals surface area contributed by atoms with Crippen LogP contribution in [0, 0.1) is 22.7 Å². The van der Waals surface area contributed by atoms with Crippen molar-refractivity contribution in [2.75, 3.05) is 32.1 Å². The molecule has 23 heavy (non-hydrogen) atoms. The second-order valence-electron chi connectivity index (χ2n) is 5.41. The highest BCUT2D eigenvalue weighted by Crippen LogP contribution is 2.14. The molecule has 6 nitrogen and oxygen atoms in total. The molecule has 0 aliphatic heterocycles. The molecule has 0 bridgehead atoms. The maximum atomic E-state index is 8.87. The summed E-state index contributed by atoms with van der Waals surface area (Å²) in [5, 5.41) is 17.7. The van der Waals surface area contributed by atoms with Crippen LogP contribution < -0.4 is 4.90 Å². The summed E-state index contributed by atoms with van der Waals surface area (Å²) in [6, 6.07) is 11.6. The van der Waals surface area contributed by atoms with Crippen LogP contribution in [0.2, 0.25) is 0 Å². The first-order valence-electron chi connectivity index (χ1n) is 7.23. The molecule has 0 saturated heterocycles. The summed E-state index contributed by atoms with van der Waals surface area (Å²) < 4.78 is 0. The van der Waals surface area contributed by atoms with Crippen molar-refractivity contribution in [2.45, 2.75) is 6.54 Å². The molecule has 0 amide bonds. The molecule has 0 radical (unpaired) electrons. The minimum absolute atomic E-state index is 0.305. The van der Waals surface area contributed by atoms with Gasteiger partial charge in [-0.3, -0.25) is 0 Å². The number of likely N-dealkylation sites (N-methyl/N-ethyl adjacent to an activating group) is 1. The third kappa shape index (κ3) is 4.77. The molecular formula is C17H18N6. The lowest BCUT2D eigenvalue weighted by Gasteiger charge is -2.25. The Morgan fingerprint density at radius 3 is 2.22 bits per heavy atom. The smallest absolute Gasteiger partial charge is 0.158 e. The Bertz CT molecular complexity index is 707. The van der Waals surface area contributed by atoms with Crippen LogP contribution in [0.25, 0.3) is 0 Å². The van der Waals surface area contributed by atoms with E-state index in [1.807, 2.05) is 44.4 Å². The van der Waals surface area contributed by atoms with Gasteiger partial charge in [-0.25, -0.2) is 9.97 Å². The minimum atomic E-state index is 0.305. The molecule has 0 saturated carbocycles. The summed E-state index contributed by atoms with van der Waals surface area (Å²) >= 11 is 0. The van der Waals surface area contributed by atoms with Crippen molar-refractivity contribution in [3.8, 4) is 12.1 Å². The first-order valence-corrected chi connectivity index (χ1v) is 7.23. The number of nitrogens with zero attached hydrogens (tertiary/aromatic N) is 6. The van der Waals surface area contributed by atoms with Crippen LogP contribution in [0.15, 0.2) is 36.7 Å². The lowest BCUT2D eigenvalue weighted by molar-refractivity contribution is 0.412. The van der Waals surface area contributed by atoms with Gasteiger partial charge in [-0.2, -0.15) is 10.5 Å². The first kappa shape index (κ1) is 16.4. The Labute approximate surface area is 136 Å². The molecule has 6 heteroatoms. The second kappa shape index (κ2) is 7.88. The maximum absolute atomic E-state index is 8.87. The van der Waals surface area contributed by atoms with Gasteiger partial charge in [0.25, 0.3) is 0 Å². The Kier molecular flexibility index (Phi) is 5.62. The van der Waals surface area contributed by atoms with E-state index in [-0.39, 0.29) is 0 Å². The molecule has 116 valence electrons. The molecule has 1 heterocycles. The number of hydrogen-bond acceptors (Lipinski definition) is 6. The van der Waals surface area contributed by atoms with Crippen LogP contribution in [-0.2, 0) is 6.54 Å². The average Bonchev–Trinajstić information content (AvgIpc) is 2.59. The van der Waals surface area contributed by atoms with Crippen LogP contribution >= 0.6 is 0 Å². The van der Waals surface area contributed by atoms with Crippen molar-refractivity contribution in [1.29, 1.82) is 10.5 Å². The van der Waals surface area contributed by atoms with E-state index in [1.165, 1.54) is 6.20 Å². The number of anilines is 1. The number of aromatic nitrogens is 2. The van der Waals surface area contributed by atoms with Crippen molar-refractivity contribution in [3.63, 3.8) is 0 Å². The van der Waals surface area contributed by atoms with Crippen LogP contribution in [-0.4, -0.2) is 42.1 Å². The van der Waals surface area contributed by atoms with Crippen molar-refractivity contribution in [3.05, 3.63) is 53.5 Å². The third-order valence-electron chi connectivity index (χ3n) is 3.35. The van der Waals surface area contributed by atoms with Crippen molar-refractivity contribution < 1.29 is 0 Å². The lowest BCUT2D eigenvalue weighted by atomic mass is 10.1. The lowest BCUT2D eigenvalue weighted by Crippen LogP contribution is -2.32. The summed E-state index contributed by atoms with van der Waals surface area (Å²) in [4.78, 5) is 12.6. The van der Waals surface area contributed by atoms with Gasteiger partial charge >= 0.3 is 0 Å². The molecule has 0 atom stereocenters. The predicted octanol–water partition coefficient (Wildman–Crippen LogP) is 1.79. The highest BCUT2D eigenvalue weighted by Gasteiger charge is 2.10. The maximum Gasteiger partial charge on any atom is 0.158 e. The SMILES string of the molecule is CN(C)CCN(Cc1ccc(C#N)cc1)c1cnc(C#N)cn1. The molecular weight excluding hydrogens is 288 g/mol. The predicted molar refractivity (Wildman–Crippen MR) is 87.5 cm³/mol. The van der Waals surface area contributed by atoms with Gasteiger partial charge < -0.3 is 9.80 Å². The molecule has 0 aliphatic rings. The van der Waals surface area contributed by atoms with E-state index >= 15 is 0 Å². The Hall–Kier alpha value is -2.96. The summed E-state index contributed by atoms with van der Waals surface area (Å²) in [6.07, 6.45) is 3.11. The fourth-order valence-electron chi connectivity index (χ4n) is 2.04. The molecule has 0 aliphatic carbocycles. The molecule has 2 rings (SSSR count). The van der Waals surface area contributed by atoms with Crippen molar-refractivity contribution in [2.24, 2.45) is 0 Å². The third-order valence-corrected chi connectivity index (χ3v) is 3.35. The van der Waals surface area contributed by atoms with E-state index in [0.29, 0.717) is 17.8 Å². The van der Waals surface area contributed by atoms with Gasteiger partial charge in [-0.15, -0.1) is 0 Å². The van der Waals surface area contributed by atoms with Gasteiger partial charge in [0.2, 0.25) is 0 Å². The van der Waals surface area contributed by atoms with Gasteiger partial charge in [-0.05, 0) is 31.8 Å². The number of rotatable bonds is 6. The highest BCUT2D eigenvalue weighted by molar-refractivity contribution is 5.40. The Morgan fingerprint density at radius 2 is 1.70 bits per heavy atom. The largest absolute Gasteiger partial charge is 0.350 e. The van der Waals surface area contributed by atoms with E-state index in [4.69, 9.17) is 10.5 Å². The molecule has 0 unspecified atom stereocenters. The fourth-order valence-corrected chi connectivity index (χ4v) is 2.04. The van der Waals surface area contributed by atoms with E-state index in [1.54, 1.807) is 6.20 Å². The van der Waals surface area contributed by atoms with E-state index in [2.05, 4.69) is 25.8 Å². The molecule has 2 aromatic rings. The average molecular weight is 306 g/mol. The topological polar surface area (TPSA) is 79.8 Å². The summed E-state index contributed by atoms with van der Waals surface area (Å²) in [5.74, 6) is 0.732. The highest BCUT2D eigenvalue weighted by atomic mass is 15.2. The Balaban J connectivity index is 2.18. The van der Waals surface area contributed by atoms with Gasteiger partial charge in [0, 0.05) is 19.6 Å². The zero-order valence-corrected chi connectivity index (χ0v) is 13.3. The zero-order chi connectivity index (χ0) is 16.7. The minimum Gasteiger partial charge on any atom is -0.350 e. The quantitative estimate of drug-likeness (QED) is 0.809. The van der Waals surface area contributed by atoms with Crippen LogP contribution in [0.5, 0.6) is 0 Å². The number of hydrogen-bond donors (Lipinski definition) is 0. The van der Waals surface area contributed by atoms with Crippen LogP contribution in [0.3, 0.4) is 0 Å². The van der Waals surface area contributed by atoms with E-state index in [9.17, 15) is 0 Å². The van der Waals surface area contributed by atoms with Gasteiger partial charge in [0.15, 0.2) is 5.69 Å². The first-order chi connectivity index (χ1) is 11.1. The van der Waals surface area contributed by atoms with Crippen LogP contribution in [0.4, 0.5) is 5.82 Å². The molecule has 1 aromatic heterocycles. The second-order valence-corrected chi connectivity index (χ2v) is 5.41. The number of benzene rings is 1. The van der Waals surface area contributed by atoms with Crippen molar-refractivity contribution >= 4 is 5.82 Å². The normalized spacial score (nSPS) is 10.1. The summed E-state index contributed by atoms with van der Waals surface area (Å²) in [7, 11) is 4.04. The molecule has 0 N–H and O–H groups in total. The number of nitriles is 2.